The van der Waals surface area contributed by atoms with E-state index in [-0.39, 0.29) is 6.04 Å². The van der Waals surface area contributed by atoms with Crippen molar-refractivity contribution < 1.29 is 8.42 Å². The van der Waals surface area contributed by atoms with Crippen LogP contribution in [-0.4, -0.2) is 38.9 Å². The number of nitrogens with zero attached hydrogens (tertiary/aromatic N) is 1. The topological polar surface area (TPSA) is 49.4 Å². The van der Waals surface area contributed by atoms with Gasteiger partial charge in [0.2, 0.25) is 0 Å². The number of nitrogens with one attached hydrogen (secondary N) is 1. The molecule has 0 amide bonds. The summed E-state index contributed by atoms with van der Waals surface area (Å²) in [6, 6.07) is 3.66. The zero-order valence-electron chi connectivity index (χ0n) is 13.7. The summed E-state index contributed by atoms with van der Waals surface area (Å²) in [5, 5.41) is 3.33. The number of rotatable bonds is 9. The fourth-order valence-electron chi connectivity index (χ4n) is 1.93. The fraction of sp³-hybridized carbons (Fsp3) is 0.733. The van der Waals surface area contributed by atoms with E-state index in [1.807, 2.05) is 26.8 Å². The van der Waals surface area contributed by atoms with Gasteiger partial charge in [0, 0.05) is 18.0 Å². The number of sulfonamides is 1. The quantitative estimate of drug-likeness (QED) is 0.707. The molecule has 1 aromatic heterocycles. The summed E-state index contributed by atoms with van der Waals surface area (Å²) < 4.78 is 27.1. The molecule has 4 nitrogen and oxygen atoms in total. The van der Waals surface area contributed by atoms with E-state index >= 15 is 0 Å². The second-order valence-electron chi connectivity index (χ2n) is 5.73. The Hall–Kier alpha value is -0.430. The van der Waals surface area contributed by atoms with Gasteiger partial charge in [-0.2, -0.15) is 4.31 Å². The molecule has 1 heterocycles. The van der Waals surface area contributed by atoms with Crippen molar-refractivity contribution >= 4 is 21.4 Å². The van der Waals surface area contributed by atoms with Crippen LogP contribution in [0, 0.1) is 5.92 Å². The van der Waals surface area contributed by atoms with E-state index in [2.05, 4.69) is 12.2 Å². The predicted molar refractivity (Wildman–Crippen MR) is 90.4 cm³/mol. The highest BCUT2D eigenvalue weighted by Crippen LogP contribution is 2.26. The maximum absolute atomic E-state index is 12.6. The monoisotopic (exact) mass is 332 g/mol. The molecule has 0 aliphatic rings. The van der Waals surface area contributed by atoms with Gasteiger partial charge in [-0.3, -0.25) is 0 Å². The van der Waals surface area contributed by atoms with Crippen LogP contribution in [0.25, 0.3) is 0 Å². The summed E-state index contributed by atoms with van der Waals surface area (Å²) in [5.74, 6) is 0.294. The smallest absolute Gasteiger partial charge is 0.252 e. The van der Waals surface area contributed by atoms with Crippen molar-refractivity contribution in [2.45, 2.75) is 50.8 Å². The lowest BCUT2D eigenvalue weighted by Crippen LogP contribution is -2.37. The van der Waals surface area contributed by atoms with Gasteiger partial charge in [0.05, 0.1) is 0 Å². The van der Waals surface area contributed by atoms with Crippen molar-refractivity contribution in [1.82, 2.24) is 9.62 Å². The Balaban J connectivity index is 2.74. The van der Waals surface area contributed by atoms with E-state index < -0.39 is 10.0 Å². The molecule has 122 valence electrons. The lowest BCUT2D eigenvalue weighted by atomic mass is 10.1. The van der Waals surface area contributed by atoms with Crippen LogP contribution in [0.15, 0.2) is 16.3 Å². The molecule has 0 aromatic carbocycles. The van der Waals surface area contributed by atoms with Crippen molar-refractivity contribution in [2.24, 2.45) is 5.92 Å². The summed E-state index contributed by atoms with van der Waals surface area (Å²) in [7, 11) is -1.70. The van der Waals surface area contributed by atoms with Crippen LogP contribution < -0.4 is 5.32 Å². The van der Waals surface area contributed by atoms with Crippen LogP contribution in [0.1, 0.15) is 39.0 Å². The molecule has 0 saturated heterocycles. The molecule has 0 bridgehead atoms. The van der Waals surface area contributed by atoms with Gasteiger partial charge in [0.1, 0.15) is 4.21 Å². The van der Waals surface area contributed by atoms with E-state index in [1.54, 1.807) is 13.1 Å². The molecule has 0 aliphatic heterocycles. The average molecular weight is 333 g/mol. The van der Waals surface area contributed by atoms with Gasteiger partial charge < -0.3 is 5.32 Å². The Morgan fingerprint density at radius 3 is 2.48 bits per heavy atom. The molecular weight excluding hydrogens is 304 g/mol. The maximum atomic E-state index is 12.6. The van der Waals surface area contributed by atoms with Crippen LogP contribution in [0.5, 0.6) is 0 Å². The Labute approximate surface area is 133 Å². The third-order valence-electron chi connectivity index (χ3n) is 3.78. The second kappa shape index (κ2) is 8.27. The molecule has 1 aromatic rings. The van der Waals surface area contributed by atoms with Gasteiger partial charge in [-0.25, -0.2) is 8.42 Å². The minimum absolute atomic E-state index is 0.00762. The third kappa shape index (κ3) is 5.06. The fourth-order valence-corrected chi connectivity index (χ4v) is 4.96. The molecule has 1 N–H and O–H groups in total. The summed E-state index contributed by atoms with van der Waals surface area (Å²) in [6.45, 7) is 10.1. The first-order valence-electron chi connectivity index (χ1n) is 7.58. The molecule has 0 spiro atoms. The molecule has 6 heteroatoms. The van der Waals surface area contributed by atoms with Crippen LogP contribution in [0.4, 0.5) is 0 Å². The molecule has 0 fully saturated rings. The number of hydrogen-bond donors (Lipinski definition) is 1. The van der Waals surface area contributed by atoms with E-state index in [0.29, 0.717) is 10.1 Å². The second-order valence-corrected chi connectivity index (χ2v) is 9.12. The zero-order valence-corrected chi connectivity index (χ0v) is 15.4. The van der Waals surface area contributed by atoms with E-state index in [9.17, 15) is 8.42 Å². The van der Waals surface area contributed by atoms with Crippen LogP contribution in [0.3, 0.4) is 0 Å². The Morgan fingerprint density at radius 1 is 1.24 bits per heavy atom. The van der Waals surface area contributed by atoms with Crippen LogP contribution in [0.2, 0.25) is 0 Å². The molecular formula is C15H28N2O2S2. The zero-order chi connectivity index (χ0) is 16.0. The van der Waals surface area contributed by atoms with Crippen molar-refractivity contribution in [1.29, 1.82) is 0 Å². The standard InChI is InChI=1S/C15H28N2O2S2/c1-6-10-16-11-9-14-7-8-15(20-14)21(18,19)17(5)13(4)12(2)3/h7-8,12-13,16H,6,9-11H2,1-5H3. The lowest BCUT2D eigenvalue weighted by Gasteiger charge is -2.26. The summed E-state index contributed by atoms with van der Waals surface area (Å²) >= 11 is 1.39. The van der Waals surface area contributed by atoms with Crippen molar-refractivity contribution in [3.05, 3.63) is 17.0 Å². The first-order valence-corrected chi connectivity index (χ1v) is 9.83. The first-order chi connectivity index (χ1) is 9.80. The summed E-state index contributed by atoms with van der Waals surface area (Å²) in [4.78, 5) is 1.11. The average Bonchev–Trinajstić information content (AvgIpc) is 2.91. The van der Waals surface area contributed by atoms with Crippen LogP contribution >= 0.6 is 11.3 Å². The minimum Gasteiger partial charge on any atom is -0.316 e. The molecule has 0 radical (unpaired) electrons. The summed E-state index contributed by atoms with van der Waals surface area (Å²) in [6.07, 6.45) is 1.99. The molecule has 1 rings (SSSR count). The molecule has 0 saturated carbocycles. The minimum atomic E-state index is -3.37. The van der Waals surface area contributed by atoms with Crippen molar-refractivity contribution in [2.75, 3.05) is 20.1 Å². The van der Waals surface area contributed by atoms with Gasteiger partial charge in [-0.1, -0.05) is 20.8 Å². The number of hydrogen-bond acceptors (Lipinski definition) is 4. The SMILES string of the molecule is CCCNCCc1ccc(S(=O)(=O)N(C)C(C)C(C)C)s1. The highest BCUT2D eigenvalue weighted by Gasteiger charge is 2.28. The molecule has 21 heavy (non-hydrogen) atoms. The van der Waals surface area contributed by atoms with Crippen molar-refractivity contribution in [3.63, 3.8) is 0 Å². The number of thiophene rings is 1. The van der Waals surface area contributed by atoms with Gasteiger partial charge in [-0.15, -0.1) is 11.3 Å². The largest absolute Gasteiger partial charge is 0.316 e. The predicted octanol–water partition coefficient (Wildman–Crippen LogP) is 2.96. The molecule has 0 aliphatic carbocycles. The van der Waals surface area contributed by atoms with Gasteiger partial charge in [0.25, 0.3) is 10.0 Å². The highest BCUT2D eigenvalue weighted by molar-refractivity contribution is 7.91. The van der Waals surface area contributed by atoms with Crippen molar-refractivity contribution in [3.8, 4) is 0 Å². The van der Waals surface area contributed by atoms with E-state index in [1.165, 1.54) is 15.6 Å². The summed E-state index contributed by atoms with van der Waals surface area (Å²) in [5.41, 5.74) is 0. The highest BCUT2D eigenvalue weighted by atomic mass is 32.2. The molecule has 1 unspecified atom stereocenters. The molecule has 1 atom stereocenters. The van der Waals surface area contributed by atoms with E-state index in [4.69, 9.17) is 0 Å². The first kappa shape index (κ1) is 18.6. The van der Waals surface area contributed by atoms with E-state index in [0.717, 1.165) is 30.8 Å². The van der Waals surface area contributed by atoms with Gasteiger partial charge in [-0.05, 0) is 50.9 Å². The Morgan fingerprint density at radius 2 is 1.90 bits per heavy atom. The lowest BCUT2D eigenvalue weighted by molar-refractivity contribution is 0.316. The van der Waals surface area contributed by atoms with Gasteiger partial charge in [0.15, 0.2) is 0 Å². The third-order valence-corrected chi connectivity index (χ3v) is 7.34. The maximum Gasteiger partial charge on any atom is 0.252 e. The van der Waals surface area contributed by atoms with Gasteiger partial charge >= 0.3 is 0 Å². The Kier molecular flexibility index (Phi) is 7.33. The normalized spacial score (nSPS) is 14.0. The Bertz CT molecular complexity index is 524. The van der Waals surface area contributed by atoms with Crippen LogP contribution in [-0.2, 0) is 16.4 Å².